The van der Waals surface area contributed by atoms with Crippen LogP contribution in [-0.4, -0.2) is 24.5 Å². The van der Waals surface area contributed by atoms with Crippen molar-refractivity contribution >= 4 is 0 Å². The number of nitrogens with zero attached hydrogens (tertiary/aromatic N) is 1. The minimum absolute atomic E-state index is 0.695. The minimum atomic E-state index is 0.695. The Morgan fingerprint density at radius 2 is 1.88 bits per heavy atom. The number of hydrogen-bond acceptors (Lipinski definition) is 1. The summed E-state index contributed by atoms with van der Waals surface area (Å²) in [6.07, 6.45) is 8.64. The van der Waals surface area contributed by atoms with E-state index in [0.29, 0.717) is 11.5 Å². The average molecular weight is 225 g/mol. The maximum Gasteiger partial charge on any atom is 0.00355 e. The second kappa shape index (κ2) is 6.05. The van der Waals surface area contributed by atoms with Crippen LogP contribution in [0, 0.1) is 11.3 Å². The molecule has 0 amide bonds. The lowest BCUT2D eigenvalue weighted by atomic mass is 9.58. The highest BCUT2D eigenvalue weighted by molar-refractivity contribution is 4.93. The van der Waals surface area contributed by atoms with Crippen molar-refractivity contribution in [1.82, 2.24) is 4.90 Å². The van der Waals surface area contributed by atoms with Gasteiger partial charge in [-0.15, -0.1) is 0 Å². The first-order valence-electron chi connectivity index (χ1n) is 7.23. The van der Waals surface area contributed by atoms with Crippen LogP contribution in [-0.2, 0) is 0 Å². The summed E-state index contributed by atoms with van der Waals surface area (Å²) in [7, 11) is 2.26. The predicted octanol–water partition coefficient (Wildman–Crippen LogP) is 4.32. The molecule has 1 fully saturated rings. The Hall–Kier alpha value is -0.0400. The van der Waals surface area contributed by atoms with Gasteiger partial charge in [-0.1, -0.05) is 33.1 Å². The maximum atomic E-state index is 2.49. The molecule has 0 saturated heterocycles. The molecule has 0 unspecified atom stereocenters. The van der Waals surface area contributed by atoms with Crippen molar-refractivity contribution in [3.05, 3.63) is 0 Å². The van der Waals surface area contributed by atoms with E-state index < -0.39 is 0 Å². The van der Waals surface area contributed by atoms with Gasteiger partial charge >= 0.3 is 0 Å². The topological polar surface area (TPSA) is 3.24 Å². The maximum absolute atomic E-state index is 2.49. The molecule has 0 atom stereocenters. The van der Waals surface area contributed by atoms with Gasteiger partial charge in [0.15, 0.2) is 0 Å². The molecular weight excluding hydrogens is 194 g/mol. The Morgan fingerprint density at radius 1 is 1.25 bits per heavy atom. The molecule has 1 heteroatoms. The summed E-state index contributed by atoms with van der Waals surface area (Å²) in [5, 5.41) is 0. The van der Waals surface area contributed by atoms with E-state index in [4.69, 9.17) is 0 Å². The molecule has 0 aliphatic heterocycles. The first-order valence-corrected chi connectivity index (χ1v) is 7.23. The van der Waals surface area contributed by atoms with E-state index >= 15 is 0 Å². The highest BCUT2D eigenvalue weighted by Crippen LogP contribution is 2.52. The third-order valence-corrected chi connectivity index (χ3v) is 4.77. The molecule has 0 radical (unpaired) electrons. The van der Waals surface area contributed by atoms with Gasteiger partial charge in [-0.2, -0.15) is 0 Å². The van der Waals surface area contributed by atoms with Crippen molar-refractivity contribution in [3.8, 4) is 0 Å². The van der Waals surface area contributed by atoms with Gasteiger partial charge in [0.2, 0.25) is 0 Å². The average Bonchev–Trinajstić information content (AvgIpc) is 2.20. The van der Waals surface area contributed by atoms with Gasteiger partial charge in [0.25, 0.3) is 0 Å². The van der Waals surface area contributed by atoms with Crippen LogP contribution in [0.1, 0.15) is 66.2 Å². The molecule has 0 N–H and O–H groups in total. The molecule has 0 aromatic heterocycles. The van der Waals surface area contributed by atoms with Crippen molar-refractivity contribution in [3.63, 3.8) is 0 Å². The van der Waals surface area contributed by atoms with Gasteiger partial charge in [-0.3, -0.25) is 0 Å². The summed E-state index contributed by atoms with van der Waals surface area (Å²) in [6.45, 7) is 10.6. The second-order valence-electron chi connectivity index (χ2n) is 6.24. The molecule has 1 nitrogen and oxygen atoms in total. The fraction of sp³-hybridized carbons (Fsp3) is 1.00. The Morgan fingerprint density at radius 3 is 2.31 bits per heavy atom. The molecule has 1 saturated carbocycles. The quantitative estimate of drug-likeness (QED) is 0.623. The lowest BCUT2D eigenvalue weighted by molar-refractivity contribution is 0.0241. The van der Waals surface area contributed by atoms with Gasteiger partial charge in [-0.05, 0) is 58.0 Å². The van der Waals surface area contributed by atoms with E-state index in [0.717, 1.165) is 5.92 Å². The van der Waals surface area contributed by atoms with Crippen LogP contribution in [0.15, 0.2) is 0 Å². The zero-order valence-electron chi connectivity index (χ0n) is 12.1. The summed E-state index contributed by atoms with van der Waals surface area (Å²) in [5.74, 6) is 1.05. The van der Waals surface area contributed by atoms with Crippen molar-refractivity contribution < 1.29 is 0 Å². The highest BCUT2D eigenvalue weighted by Gasteiger charge is 2.41. The molecule has 16 heavy (non-hydrogen) atoms. The smallest absolute Gasteiger partial charge is 0.00355 e. The first-order chi connectivity index (χ1) is 7.53. The molecular formula is C15H31N. The standard InChI is InChI=1S/C15H31N/c1-6-8-14-11-15(7-2,12-14)9-10-16(5)13(3)4/h13-14H,6-12H2,1-5H3. The predicted molar refractivity (Wildman–Crippen MR) is 72.7 cm³/mol. The van der Waals surface area contributed by atoms with E-state index in [1.165, 1.54) is 45.1 Å². The Balaban J connectivity index is 2.29. The van der Waals surface area contributed by atoms with E-state index in [-0.39, 0.29) is 0 Å². The minimum Gasteiger partial charge on any atom is -0.304 e. The molecule has 1 rings (SSSR count). The molecule has 96 valence electrons. The van der Waals surface area contributed by atoms with Crippen LogP contribution in [0.2, 0.25) is 0 Å². The van der Waals surface area contributed by atoms with Crippen molar-refractivity contribution in [2.45, 2.75) is 72.3 Å². The summed E-state index contributed by atoms with van der Waals surface area (Å²) < 4.78 is 0. The fourth-order valence-corrected chi connectivity index (χ4v) is 3.12. The molecule has 0 aromatic carbocycles. The van der Waals surface area contributed by atoms with Crippen molar-refractivity contribution in [2.75, 3.05) is 13.6 Å². The zero-order valence-corrected chi connectivity index (χ0v) is 12.1. The van der Waals surface area contributed by atoms with Gasteiger partial charge in [-0.25, -0.2) is 0 Å². The van der Waals surface area contributed by atoms with Crippen LogP contribution in [0.25, 0.3) is 0 Å². The van der Waals surface area contributed by atoms with E-state index in [1.54, 1.807) is 0 Å². The second-order valence-corrected chi connectivity index (χ2v) is 6.24. The SMILES string of the molecule is CCCC1CC(CC)(CCN(C)C(C)C)C1. The third kappa shape index (κ3) is 3.48. The molecule has 1 aliphatic rings. The van der Waals surface area contributed by atoms with Gasteiger partial charge in [0.05, 0.1) is 0 Å². The van der Waals surface area contributed by atoms with E-state index in [1.807, 2.05) is 0 Å². The summed E-state index contributed by atoms with van der Waals surface area (Å²) in [6, 6.07) is 0.695. The van der Waals surface area contributed by atoms with Crippen LogP contribution in [0.3, 0.4) is 0 Å². The van der Waals surface area contributed by atoms with E-state index in [9.17, 15) is 0 Å². The van der Waals surface area contributed by atoms with Crippen molar-refractivity contribution in [2.24, 2.45) is 11.3 Å². The number of hydrogen-bond donors (Lipinski definition) is 0. The first kappa shape index (κ1) is 14.0. The number of rotatable bonds is 7. The van der Waals surface area contributed by atoms with Crippen LogP contribution >= 0.6 is 0 Å². The van der Waals surface area contributed by atoms with Crippen molar-refractivity contribution in [1.29, 1.82) is 0 Å². The van der Waals surface area contributed by atoms with E-state index in [2.05, 4.69) is 39.6 Å². The molecule has 0 spiro atoms. The third-order valence-electron chi connectivity index (χ3n) is 4.77. The Kier molecular flexibility index (Phi) is 5.30. The van der Waals surface area contributed by atoms with Gasteiger partial charge in [0.1, 0.15) is 0 Å². The lowest BCUT2D eigenvalue weighted by Gasteiger charge is -2.49. The van der Waals surface area contributed by atoms with Gasteiger partial charge < -0.3 is 4.90 Å². The lowest BCUT2D eigenvalue weighted by Crippen LogP contribution is -2.40. The van der Waals surface area contributed by atoms with Crippen LogP contribution in [0.4, 0.5) is 0 Å². The molecule has 0 bridgehead atoms. The summed E-state index contributed by atoms with van der Waals surface area (Å²) in [4.78, 5) is 2.49. The van der Waals surface area contributed by atoms with Crippen LogP contribution < -0.4 is 0 Å². The van der Waals surface area contributed by atoms with Gasteiger partial charge in [0, 0.05) is 6.04 Å². The summed E-state index contributed by atoms with van der Waals surface area (Å²) in [5.41, 5.74) is 0.711. The normalized spacial score (nSPS) is 29.8. The van der Waals surface area contributed by atoms with Crippen LogP contribution in [0.5, 0.6) is 0 Å². The Labute approximate surface area is 103 Å². The molecule has 0 heterocycles. The highest BCUT2D eigenvalue weighted by atomic mass is 15.1. The largest absolute Gasteiger partial charge is 0.304 e. The zero-order chi connectivity index (χ0) is 12.2. The molecule has 1 aliphatic carbocycles. The fourth-order valence-electron chi connectivity index (χ4n) is 3.12. The molecule has 0 aromatic rings. The summed E-state index contributed by atoms with van der Waals surface area (Å²) >= 11 is 0. The Bertz CT molecular complexity index is 192. The monoisotopic (exact) mass is 225 g/mol.